The number of nitrogens with one attached hydrogen (secondary N) is 1. The zero-order valence-electron chi connectivity index (χ0n) is 16.4. The number of thiazole rings is 1. The average Bonchev–Trinajstić information content (AvgIpc) is 3.23. The Kier molecular flexibility index (Phi) is 6.15. The summed E-state index contributed by atoms with van der Waals surface area (Å²) in [7, 11) is 0. The molecule has 0 saturated carbocycles. The lowest BCUT2D eigenvalue weighted by atomic mass is 10.1. The quantitative estimate of drug-likeness (QED) is 0.284. The van der Waals surface area contributed by atoms with Gasteiger partial charge in [-0.05, 0) is 72.1 Å². The van der Waals surface area contributed by atoms with E-state index in [1.165, 1.54) is 34.6 Å². The van der Waals surface area contributed by atoms with Crippen molar-refractivity contribution in [2.45, 2.75) is 13.5 Å². The highest BCUT2D eigenvalue weighted by Gasteiger charge is 2.04. The van der Waals surface area contributed by atoms with E-state index >= 15 is 0 Å². The lowest BCUT2D eigenvalue weighted by molar-refractivity contribution is 0.305. The normalized spacial score (nSPS) is 11.0. The van der Waals surface area contributed by atoms with Crippen LogP contribution in [0.2, 0.25) is 0 Å². The Morgan fingerprint density at radius 3 is 2.57 bits per heavy atom. The summed E-state index contributed by atoms with van der Waals surface area (Å²) < 4.78 is 18.9. The highest BCUT2D eigenvalue weighted by molar-refractivity contribution is 7.14. The van der Waals surface area contributed by atoms with E-state index in [0.717, 1.165) is 22.6 Å². The van der Waals surface area contributed by atoms with E-state index in [2.05, 4.69) is 34.6 Å². The number of rotatable bonds is 7. The summed E-state index contributed by atoms with van der Waals surface area (Å²) in [5.41, 5.74) is 7.93. The molecule has 30 heavy (non-hydrogen) atoms. The summed E-state index contributed by atoms with van der Waals surface area (Å²) in [5.74, 6) is 0.552. The van der Waals surface area contributed by atoms with Crippen LogP contribution < -0.4 is 10.2 Å². The Labute approximate surface area is 178 Å². The Morgan fingerprint density at radius 1 is 1.03 bits per heavy atom. The lowest BCUT2D eigenvalue weighted by Crippen LogP contribution is -1.97. The molecule has 0 aliphatic heterocycles. The number of hydrogen-bond acceptors (Lipinski definition) is 5. The van der Waals surface area contributed by atoms with Crippen LogP contribution in [0.15, 0.2) is 83.3 Å². The molecule has 6 heteroatoms. The molecule has 0 aliphatic carbocycles. The molecule has 0 unspecified atom stereocenters. The molecule has 0 radical (unpaired) electrons. The maximum atomic E-state index is 13.0. The fourth-order valence-electron chi connectivity index (χ4n) is 2.82. The van der Waals surface area contributed by atoms with Gasteiger partial charge in [0.05, 0.1) is 11.9 Å². The number of aryl methyl sites for hydroxylation is 1. The Balaban J connectivity index is 1.31. The fraction of sp³-hybridized carbons (Fsp3) is 0.0833. The second-order valence-corrected chi connectivity index (χ2v) is 7.56. The molecule has 0 spiro atoms. The van der Waals surface area contributed by atoms with Gasteiger partial charge >= 0.3 is 0 Å². The number of aromatic nitrogens is 1. The number of hydrazone groups is 1. The minimum Gasteiger partial charge on any atom is -0.489 e. The molecular formula is C24H20FN3OS. The van der Waals surface area contributed by atoms with Crippen LogP contribution in [0.25, 0.3) is 11.3 Å². The predicted molar refractivity (Wildman–Crippen MR) is 121 cm³/mol. The van der Waals surface area contributed by atoms with Gasteiger partial charge in [-0.15, -0.1) is 11.3 Å². The van der Waals surface area contributed by atoms with E-state index in [1.54, 1.807) is 18.3 Å². The SMILES string of the molecule is Cc1ccccc1COc1ccc(/C=N/Nc2nc(-c3ccc(F)cc3)cs2)cc1. The van der Waals surface area contributed by atoms with E-state index in [4.69, 9.17) is 4.74 Å². The second kappa shape index (κ2) is 9.33. The third-order valence-electron chi connectivity index (χ3n) is 4.55. The maximum Gasteiger partial charge on any atom is 0.203 e. The Bertz CT molecular complexity index is 1140. The average molecular weight is 418 g/mol. The monoisotopic (exact) mass is 417 g/mol. The van der Waals surface area contributed by atoms with Crippen LogP contribution in [-0.4, -0.2) is 11.2 Å². The standard InChI is InChI=1S/C24H20FN3OS/c1-17-4-2-3-5-20(17)15-29-22-12-6-18(7-13-22)14-26-28-24-27-23(16-30-24)19-8-10-21(25)11-9-19/h2-14,16H,15H2,1H3,(H,27,28)/b26-14+. The van der Waals surface area contributed by atoms with Crippen LogP contribution >= 0.6 is 11.3 Å². The number of hydrogen-bond donors (Lipinski definition) is 1. The van der Waals surface area contributed by atoms with Gasteiger partial charge in [0, 0.05) is 10.9 Å². The van der Waals surface area contributed by atoms with E-state index < -0.39 is 0 Å². The van der Waals surface area contributed by atoms with Crippen molar-refractivity contribution in [2.75, 3.05) is 5.43 Å². The number of benzene rings is 3. The van der Waals surface area contributed by atoms with E-state index in [0.29, 0.717) is 11.7 Å². The van der Waals surface area contributed by atoms with Crippen LogP contribution in [0.4, 0.5) is 9.52 Å². The van der Waals surface area contributed by atoms with E-state index in [1.807, 2.05) is 41.8 Å². The summed E-state index contributed by atoms with van der Waals surface area (Å²) in [6.45, 7) is 2.62. The maximum absolute atomic E-state index is 13.0. The zero-order chi connectivity index (χ0) is 20.8. The van der Waals surface area contributed by atoms with Crippen LogP contribution in [0.3, 0.4) is 0 Å². The van der Waals surface area contributed by atoms with Crippen molar-refractivity contribution in [2.24, 2.45) is 5.10 Å². The number of ether oxygens (including phenoxy) is 1. The molecule has 0 atom stereocenters. The Hall–Kier alpha value is -3.51. The smallest absolute Gasteiger partial charge is 0.203 e. The number of anilines is 1. The first-order valence-electron chi connectivity index (χ1n) is 9.45. The molecule has 0 fully saturated rings. The van der Waals surface area contributed by atoms with Crippen LogP contribution in [0, 0.1) is 12.7 Å². The predicted octanol–water partition coefficient (Wildman–Crippen LogP) is 6.28. The van der Waals surface area contributed by atoms with Gasteiger partial charge in [0.25, 0.3) is 0 Å². The van der Waals surface area contributed by atoms with Gasteiger partial charge in [0.15, 0.2) is 0 Å². The number of halogens is 1. The molecule has 1 heterocycles. The van der Waals surface area contributed by atoms with Crippen molar-refractivity contribution in [1.82, 2.24) is 4.98 Å². The highest BCUT2D eigenvalue weighted by atomic mass is 32.1. The fourth-order valence-corrected chi connectivity index (χ4v) is 3.49. The molecule has 4 aromatic rings. The molecule has 4 rings (SSSR count). The van der Waals surface area contributed by atoms with Gasteiger partial charge in [0.1, 0.15) is 18.2 Å². The van der Waals surface area contributed by atoms with E-state index in [-0.39, 0.29) is 5.82 Å². The summed E-state index contributed by atoms with van der Waals surface area (Å²) in [6, 6.07) is 22.2. The minimum absolute atomic E-state index is 0.261. The zero-order valence-corrected chi connectivity index (χ0v) is 17.2. The van der Waals surface area contributed by atoms with Crippen LogP contribution in [0.1, 0.15) is 16.7 Å². The van der Waals surface area contributed by atoms with Gasteiger partial charge in [-0.1, -0.05) is 24.3 Å². The topological polar surface area (TPSA) is 46.5 Å². The first-order valence-corrected chi connectivity index (χ1v) is 10.3. The summed E-state index contributed by atoms with van der Waals surface area (Å²) in [4.78, 5) is 4.47. The molecular weight excluding hydrogens is 397 g/mol. The summed E-state index contributed by atoms with van der Waals surface area (Å²) >= 11 is 1.44. The van der Waals surface area contributed by atoms with Gasteiger partial charge in [-0.3, -0.25) is 5.43 Å². The number of nitrogens with zero attached hydrogens (tertiary/aromatic N) is 2. The highest BCUT2D eigenvalue weighted by Crippen LogP contribution is 2.25. The van der Waals surface area contributed by atoms with Gasteiger partial charge in [0.2, 0.25) is 5.13 Å². The van der Waals surface area contributed by atoms with E-state index in [9.17, 15) is 4.39 Å². The first-order chi connectivity index (χ1) is 14.7. The molecule has 0 saturated heterocycles. The first kappa shape index (κ1) is 19.8. The van der Waals surface area contributed by atoms with Crippen molar-refractivity contribution < 1.29 is 9.13 Å². The Morgan fingerprint density at radius 2 is 1.80 bits per heavy atom. The third-order valence-corrected chi connectivity index (χ3v) is 5.30. The molecule has 0 bridgehead atoms. The third kappa shape index (κ3) is 5.10. The van der Waals surface area contributed by atoms with Crippen molar-refractivity contribution in [3.63, 3.8) is 0 Å². The molecule has 0 aliphatic rings. The van der Waals surface area contributed by atoms with Gasteiger partial charge < -0.3 is 4.74 Å². The molecule has 1 N–H and O–H groups in total. The largest absolute Gasteiger partial charge is 0.489 e. The van der Waals surface area contributed by atoms with Crippen molar-refractivity contribution >= 4 is 22.7 Å². The van der Waals surface area contributed by atoms with Gasteiger partial charge in [-0.25, -0.2) is 9.37 Å². The molecule has 0 amide bonds. The molecule has 150 valence electrons. The van der Waals surface area contributed by atoms with Gasteiger partial charge in [-0.2, -0.15) is 5.10 Å². The lowest BCUT2D eigenvalue weighted by Gasteiger charge is -2.08. The van der Waals surface area contributed by atoms with Crippen LogP contribution in [-0.2, 0) is 6.61 Å². The molecule has 1 aromatic heterocycles. The van der Waals surface area contributed by atoms with Crippen LogP contribution in [0.5, 0.6) is 5.75 Å². The minimum atomic E-state index is -0.261. The molecule has 4 nitrogen and oxygen atoms in total. The van der Waals surface area contributed by atoms with Crippen molar-refractivity contribution in [3.8, 4) is 17.0 Å². The van der Waals surface area contributed by atoms with Crippen molar-refractivity contribution in [3.05, 3.63) is 101 Å². The summed E-state index contributed by atoms with van der Waals surface area (Å²) in [5, 5.41) is 6.82. The van der Waals surface area contributed by atoms with Crippen molar-refractivity contribution in [1.29, 1.82) is 0 Å². The second-order valence-electron chi connectivity index (χ2n) is 6.70. The summed E-state index contributed by atoms with van der Waals surface area (Å²) in [6.07, 6.45) is 1.73. The molecule has 3 aromatic carbocycles.